The Morgan fingerprint density at radius 2 is 1.62 bits per heavy atom. The topological polar surface area (TPSA) is 67.9 Å². The predicted octanol–water partition coefficient (Wildman–Crippen LogP) is 5.85. The Bertz CT molecular complexity index is 1280. The normalized spacial score (nSPS) is 15.5. The number of halogens is 1. The fourth-order valence-corrected chi connectivity index (χ4v) is 5.84. The number of carbonyl (C=O) groups excluding carboxylic acids is 2. The summed E-state index contributed by atoms with van der Waals surface area (Å²) in [5, 5.41) is 3.27. The van der Waals surface area contributed by atoms with Gasteiger partial charge in [0.05, 0.1) is 0 Å². The molecule has 3 aromatic carbocycles. The second-order valence-electron chi connectivity index (χ2n) is 10.3. The van der Waals surface area contributed by atoms with Crippen LogP contribution in [0, 0.1) is 0 Å². The van der Waals surface area contributed by atoms with Crippen molar-refractivity contribution in [2.75, 3.05) is 13.2 Å². The van der Waals surface area contributed by atoms with E-state index in [1.165, 1.54) is 0 Å². The van der Waals surface area contributed by atoms with E-state index < -0.39 is 6.04 Å². The number of aryl methyl sites for hydroxylation is 1. The van der Waals surface area contributed by atoms with Gasteiger partial charge in [0.25, 0.3) is 0 Å². The molecule has 204 valence electrons. The van der Waals surface area contributed by atoms with Gasteiger partial charge in [0.1, 0.15) is 19.3 Å². The number of amides is 2. The third-order valence-electron chi connectivity index (χ3n) is 7.45. The number of ether oxygens (including phenoxy) is 2. The first-order chi connectivity index (χ1) is 19.0. The molecule has 0 spiro atoms. The number of rotatable bonds is 10. The van der Waals surface area contributed by atoms with Crippen molar-refractivity contribution in [2.24, 2.45) is 0 Å². The quantitative estimate of drug-likeness (QED) is 0.321. The van der Waals surface area contributed by atoms with Gasteiger partial charge in [0.15, 0.2) is 11.5 Å². The molecule has 0 unspecified atom stereocenters. The van der Waals surface area contributed by atoms with Gasteiger partial charge in [-0.3, -0.25) is 9.59 Å². The largest absolute Gasteiger partial charge is 0.486 e. The summed E-state index contributed by atoms with van der Waals surface area (Å²) in [5.41, 5.74) is 3.01. The van der Waals surface area contributed by atoms with Gasteiger partial charge in [-0.25, -0.2) is 0 Å². The molecule has 1 aliphatic carbocycles. The Kier molecular flexibility index (Phi) is 9.19. The first-order valence-corrected chi connectivity index (χ1v) is 14.6. The predicted molar refractivity (Wildman–Crippen MR) is 155 cm³/mol. The molecule has 5 rings (SSSR count). The zero-order chi connectivity index (χ0) is 27.0. The number of hydrogen-bond acceptors (Lipinski definition) is 4. The molecule has 1 N–H and O–H groups in total. The van der Waals surface area contributed by atoms with Crippen LogP contribution in [0.3, 0.4) is 0 Å². The highest BCUT2D eigenvalue weighted by Crippen LogP contribution is 2.31. The molecule has 1 saturated carbocycles. The zero-order valence-corrected chi connectivity index (χ0v) is 23.7. The van der Waals surface area contributed by atoms with Crippen molar-refractivity contribution >= 4 is 27.7 Å². The minimum atomic E-state index is -0.611. The van der Waals surface area contributed by atoms with E-state index in [1.54, 1.807) is 4.90 Å². The van der Waals surface area contributed by atoms with Crippen molar-refractivity contribution in [1.82, 2.24) is 10.2 Å². The average Bonchev–Trinajstić information content (AvgIpc) is 3.47. The van der Waals surface area contributed by atoms with Crippen LogP contribution >= 0.6 is 15.9 Å². The summed E-state index contributed by atoms with van der Waals surface area (Å²) in [6.45, 7) is 1.42. The summed E-state index contributed by atoms with van der Waals surface area (Å²) in [6, 6.07) is 23.3. The number of carbonyl (C=O) groups is 2. The first-order valence-electron chi connectivity index (χ1n) is 13.8. The number of benzene rings is 3. The maximum atomic E-state index is 13.9. The molecule has 2 aliphatic rings. The van der Waals surface area contributed by atoms with Crippen LogP contribution in [0.5, 0.6) is 11.5 Å². The lowest BCUT2D eigenvalue weighted by Gasteiger charge is -2.32. The Balaban J connectivity index is 1.39. The fraction of sp³-hybridized carbons (Fsp3) is 0.375. The van der Waals surface area contributed by atoms with Crippen molar-refractivity contribution in [3.63, 3.8) is 0 Å². The number of nitrogens with one attached hydrogen (secondary N) is 1. The molecule has 6 nitrogen and oxygen atoms in total. The minimum Gasteiger partial charge on any atom is -0.486 e. The smallest absolute Gasteiger partial charge is 0.243 e. The molecule has 1 aliphatic heterocycles. The van der Waals surface area contributed by atoms with Gasteiger partial charge in [-0.1, -0.05) is 77.3 Å². The summed E-state index contributed by atoms with van der Waals surface area (Å²) in [7, 11) is 0. The monoisotopic (exact) mass is 590 g/mol. The highest BCUT2D eigenvalue weighted by molar-refractivity contribution is 9.10. The van der Waals surface area contributed by atoms with Crippen LogP contribution in [0.4, 0.5) is 0 Å². The first kappa shape index (κ1) is 27.3. The summed E-state index contributed by atoms with van der Waals surface area (Å²) < 4.78 is 12.3. The Morgan fingerprint density at radius 3 is 2.38 bits per heavy atom. The van der Waals surface area contributed by atoms with E-state index in [0.29, 0.717) is 32.6 Å². The molecule has 0 radical (unpaired) electrons. The summed E-state index contributed by atoms with van der Waals surface area (Å²) in [5.74, 6) is 1.33. The van der Waals surface area contributed by atoms with Crippen molar-refractivity contribution in [3.05, 3.63) is 94.0 Å². The molecule has 2 amide bonds. The van der Waals surface area contributed by atoms with Gasteiger partial charge in [0, 0.05) is 29.9 Å². The van der Waals surface area contributed by atoms with Crippen LogP contribution in [0.15, 0.2) is 77.3 Å². The lowest BCUT2D eigenvalue weighted by molar-refractivity contribution is -0.141. The van der Waals surface area contributed by atoms with Crippen LogP contribution in [0.1, 0.15) is 48.8 Å². The van der Waals surface area contributed by atoms with Crippen molar-refractivity contribution in [1.29, 1.82) is 0 Å². The van der Waals surface area contributed by atoms with E-state index in [-0.39, 0.29) is 24.3 Å². The standard InChI is InChI=1S/C32H35BrN2O4/c33-26-10-6-9-25(19-26)22-35(31(36)16-14-24-13-15-29-30(21-24)39-18-17-38-29)28(20-23-7-2-1-3-8-23)32(37)34-27-11-4-5-12-27/h1-3,6-10,13,15,19,21,27-28H,4-5,11-12,14,16-18,20,22H2,(H,34,37)/t28-/m0/s1. The fourth-order valence-electron chi connectivity index (χ4n) is 5.39. The second-order valence-corrected chi connectivity index (χ2v) is 11.2. The molecule has 0 aromatic heterocycles. The zero-order valence-electron chi connectivity index (χ0n) is 22.1. The van der Waals surface area contributed by atoms with Crippen LogP contribution in [0.2, 0.25) is 0 Å². The van der Waals surface area contributed by atoms with Gasteiger partial charge in [-0.05, 0) is 60.2 Å². The highest BCUT2D eigenvalue weighted by Gasteiger charge is 2.32. The maximum absolute atomic E-state index is 13.9. The van der Waals surface area contributed by atoms with Crippen LogP contribution in [-0.4, -0.2) is 42.0 Å². The minimum absolute atomic E-state index is 0.0487. The lowest BCUT2D eigenvalue weighted by atomic mass is 10.0. The van der Waals surface area contributed by atoms with E-state index in [0.717, 1.165) is 58.3 Å². The van der Waals surface area contributed by atoms with E-state index in [2.05, 4.69) is 21.2 Å². The molecule has 39 heavy (non-hydrogen) atoms. The average molecular weight is 592 g/mol. The van der Waals surface area contributed by atoms with Crippen LogP contribution in [0.25, 0.3) is 0 Å². The number of hydrogen-bond donors (Lipinski definition) is 1. The molecule has 7 heteroatoms. The highest BCUT2D eigenvalue weighted by atomic mass is 79.9. The van der Waals surface area contributed by atoms with E-state index >= 15 is 0 Å². The molecular formula is C32H35BrN2O4. The maximum Gasteiger partial charge on any atom is 0.243 e. The molecule has 3 aromatic rings. The van der Waals surface area contributed by atoms with E-state index in [4.69, 9.17) is 9.47 Å². The summed E-state index contributed by atoms with van der Waals surface area (Å²) >= 11 is 3.55. The van der Waals surface area contributed by atoms with Crippen molar-refractivity contribution < 1.29 is 19.1 Å². The Labute approximate surface area is 238 Å². The van der Waals surface area contributed by atoms with Crippen molar-refractivity contribution in [3.8, 4) is 11.5 Å². The van der Waals surface area contributed by atoms with Gasteiger partial charge in [0.2, 0.25) is 11.8 Å². The van der Waals surface area contributed by atoms with E-state index in [1.807, 2.05) is 72.8 Å². The van der Waals surface area contributed by atoms with Crippen molar-refractivity contribution in [2.45, 2.75) is 63.6 Å². The van der Waals surface area contributed by atoms with Gasteiger partial charge in [-0.2, -0.15) is 0 Å². The number of nitrogens with zero attached hydrogens (tertiary/aromatic N) is 1. The molecular weight excluding hydrogens is 556 g/mol. The second kappa shape index (κ2) is 13.2. The third-order valence-corrected chi connectivity index (χ3v) is 7.94. The van der Waals surface area contributed by atoms with Gasteiger partial charge < -0.3 is 19.7 Å². The summed E-state index contributed by atoms with van der Waals surface area (Å²) in [4.78, 5) is 29.5. The third kappa shape index (κ3) is 7.41. The SMILES string of the molecule is O=C(NC1CCCC1)[C@H](Cc1ccccc1)N(Cc1cccc(Br)c1)C(=O)CCc1ccc2c(c1)OCCO2. The molecule has 0 bridgehead atoms. The Hall–Kier alpha value is -3.32. The molecule has 1 heterocycles. The molecule has 1 atom stereocenters. The van der Waals surface area contributed by atoms with Crippen LogP contribution in [-0.2, 0) is 29.0 Å². The van der Waals surface area contributed by atoms with Crippen LogP contribution < -0.4 is 14.8 Å². The van der Waals surface area contributed by atoms with Gasteiger partial charge >= 0.3 is 0 Å². The molecule has 1 fully saturated rings. The van der Waals surface area contributed by atoms with Gasteiger partial charge in [-0.15, -0.1) is 0 Å². The Morgan fingerprint density at radius 1 is 0.872 bits per heavy atom. The van der Waals surface area contributed by atoms with E-state index in [9.17, 15) is 9.59 Å². The molecule has 0 saturated heterocycles. The lowest BCUT2D eigenvalue weighted by Crippen LogP contribution is -2.52. The number of fused-ring (bicyclic) bond motifs is 1. The summed E-state index contributed by atoms with van der Waals surface area (Å²) in [6.07, 6.45) is 5.54.